The van der Waals surface area contributed by atoms with Crippen LogP contribution in [-0.2, 0) is 23.1 Å². The van der Waals surface area contributed by atoms with Gasteiger partial charge < -0.3 is 10.0 Å². The molecule has 1 amide bonds. The van der Waals surface area contributed by atoms with Crippen molar-refractivity contribution in [2.45, 2.75) is 52.0 Å². The Bertz CT molecular complexity index is 551. The maximum Gasteiger partial charge on any atom is 0.305 e. The largest absolute Gasteiger partial charge is 0.481 e. The van der Waals surface area contributed by atoms with Crippen LogP contribution in [0.5, 0.6) is 0 Å². The number of nitrogens with zero attached hydrogens (tertiary/aromatic N) is 3. The van der Waals surface area contributed by atoms with E-state index in [2.05, 4.69) is 5.10 Å². The Morgan fingerprint density at radius 3 is 2.67 bits per heavy atom. The molecule has 1 saturated heterocycles. The van der Waals surface area contributed by atoms with Gasteiger partial charge in [-0.3, -0.25) is 14.3 Å². The van der Waals surface area contributed by atoms with Crippen LogP contribution in [0.15, 0.2) is 0 Å². The average Bonchev–Trinajstić information content (AvgIpc) is 2.93. The van der Waals surface area contributed by atoms with E-state index < -0.39 is 5.97 Å². The molecule has 1 aliphatic heterocycles. The van der Waals surface area contributed by atoms with E-state index in [-0.39, 0.29) is 18.4 Å². The second-order valence-corrected chi connectivity index (χ2v) is 5.75. The van der Waals surface area contributed by atoms with E-state index in [0.717, 1.165) is 29.8 Å². The minimum atomic E-state index is -0.835. The first kappa shape index (κ1) is 15.5. The van der Waals surface area contributed by atoms with Gasteiger partial charge in [-0.15, -0.1) is 0 Å². The van der Waals surface area contributed by atoms with Crippen LogP contribution in [0.3, 0.4) is 0 Å². The lowest BCUT2D eigenvalue weighted by Crippen LogP contribution is -2.37. The van der Waals surface area contributed by atoms with Gasteiger partial charge >= 0.3 is 5.97 Å². The first-order valence-electron chi connectivity index (χ1n) is 7.40. The molecule has 1 atom stereocenters. The monoisotopic (exact) mass is 293 g/mol. The van der Waals surface area contributed by atoms with Crippen LogP contribution in [0, 0.1) is 13.8 Å². The van der Waals surface area contributed by atoms with Crippen molar-refractivity contribution in [3.05, 3.63) is 17.0 Å². The third-order valence-corrected chi connectivity index (χ3v) is 4.36. The van der Waals surface area contributed by atoms with Gasteiger partial charge in [0.05, 0.1) is 12.1 Å². The molecule has 21 heavy (non-hydrogen) atoms. The summed E-state index contributed by atoms with van der Waals surface area (Å²) in [5.74, 6) is -0.778. The third kappa shape index (κ3) is 3.43. The van der Waals surface area contributed by atoms with Gasteiger partial charge in [-0.2, -0.15) is 5.10 Å². The van der Waals surface area contributed by atoms with Crippen LogP contribution >= 0.6 is 0 Å². The van der Waals surface area contributed by atoms with Crippen molar-refractivity contribution in [1.82, 2.24) is 14.7 Å². The summed E-state index contributed by atoms with van der Waals surface area (Å²) in [6.45, 7) is 4.64. The second kappa shape index (κ2) is 6.28. The number of hydrogen-bond donors (Lipinski definition) is 1. The molecule has 0 radical (unpaired) electrons. The number of carbonyl (C=O) groups excluding carboxylic acids is 1. The fourth-order valence-electron chi connectivity index (χ4n) is 3.13. The quantitative estimate of drug-likeness (QED) is 0.891. The second-order valence-electron chi connectivity index (χ2n) is 5.75. The van der Waals surface area contributed by atoms with Crippen LogP contribution in [0.4, 0.5) is 0 Å². The first-order valence-corrected chi connectivity index (χ1v) is 7.40. The molecule has 0 saturated carbocycles. The Hall–Kier alpha value is -1.85. The maximum absolute atomic E-state index is 12.3. The van der Waals surface area contributed by atoms with Gasteiger partial charge in [-0.05, 0) is 38.7 Å². The molecule has 2 heterocycles. The number of amides is 1. The van der Waals surface area contributed by atoms with Gasteiger partial charge in [0.15, 0.2) is 0 Å². The molecule has 1 unspecified atom stereocenters. The molecule has 1 aromatic heterocycles. The van der Waals surface area contributed by atoms with E-state index in [0.29, 0.717) is 19.4 Å². The maximum atomic E-state index is 12.3. The number of rotatable bonds is 5. The molecule has 0 aliphatic carbocycles. The number of carboxylic acid groups (broad SMARTS) is 1. The van der Waals surface area contributed by atoms with Crippen LogP contribution in [0.25, 0.3) is 0 Å². The lowest BCUT2D eigenvalue weighted by molar-refractivity contribution is -0.139. The van der Waals surface area contributed by atoms with Gasteiger partial charge in [-0.1, -0.05) is 0 Å². The number of aryl methyl sites for hydroxylation is 2. The summed E-state index contributed by atoms with van der Waals surface area (Å²) in [5, 5.41) is 13.3. The predicted octanol–water partition coefficient (Wildman–Crippen LogP) is 1.44. The highest BCUT2D eigenvalue weighted by molar-refractivity contribution is 5.78. The fourth-order valence-corrected chi connectivity index (χ4v) is 3.13. The zero-order valence-electron chi connectivity index (χ0n) is 12.9. The van der Waals surface area contributed by atoms with Gasteiger partial charge in [0.25, 0.3) is 0 Å². The summed E-state index contributed by atoms with van der Waals surface area (Å²) < 4.78 is 1.83. The number of carbonyl (C=O) groups is 2. The molecule has 6 heteroatoms. The van der Waals surface area contributed by atoms with E-state index in [4.69, 9.17) is 5.11 Å². The van der Waals surface area contributed by atoms with E-state index in [9.17, 15) is 9.59 Å². The molecule has 0 aromatic carbocycles. The number of carboxylic acids is 1. The van der Waals surface area contributed by atoms with Gasteiger partial charge in [0.2, 0.25) is 5.91 Å². The summed E-state index contributed by atoms with van der Waals surface area (Å²) in [6, 6.07) is -0.133. The van der Waals surface area contributed by atoms with Gasteiger partial charge in [-0.25, -0.2) is 0 Å². The Balaban J connectivity index is 1.96. The van der Waals surface area contributed by atoms with Crippen LogP contribution in [0.2, 0.25) is 0 Å². The van der Waals surface area contributed by atoms with Crippen molar-refractivity contribution in [3.8, 4) is 0 Å². The summed E-state index contributed by atoms with van der Waals surface area (Å²) in [4.78, 5) is 24.9. The molecule has 0 bridgehead atoms. The predicted molar refractivity (Wildman–Crippen MR) is 78.0 cm³/mol. The van der Waals surface area contributed by atoms with Gasteiger partial charge in [0.1, 0.15) is 0 Å². The highest BCUT2D eigenvalue weighted by Gasteiger charge is 2.30. The minimum absolute atomic E-state index is 0.0523. The van der Waals surface area contributed by atoms with Crippen molar-refractivity contribution in [1.29, 1.82) is 0 Å². The number of aromatic nitrogens is 2. The first-order chi connectivity index (χ1) is 9.90. The molecule has 0 spiro atoms. The molecule has 116 valence electrons. The van der Waals surface area contributed by atoms with Gasteiger partial charge in [0, 0.05) is 31.7 Å². The van der Waals surface area contributed by atoms with E-state index in [1.165, 1.54) is 0 Å². The topological polar surface area (TPSA) is 75.4 Å². The highest BCUT2D eigenvalue weighted by atomic mass is 16.4. The standard InChI is InChI=1S/C15H23N3O3/c1-10-13(11(2)17(3)16-10)6-7-14(19)18-8-4-5-12(18)9-15(20)21/h12H,4-9H2,1-3H3,(H,20,21). The molecule has 6 nitrogen and oxygen atoms in total. The zero-order valence-corrected chi connectivity index (χ0v) is 12.9. The lowest BCUT2D eigenvalue weighted by Gasteiger charge is -2.23. The average molecular weight is 293 g/mol. The third-order valence-electron chi connectivity index (χ3n) is 4.36. The molecule has 1 N–H and O–H groups in total. The Kier molecular flexibility index (Phi) is 4.65. The van der Waals surface area contributed by atoms with E-state index in [1.807, 2.05) is 25.6 Å². The summed E-state index contributed by atoms with van der Waals surface area (Å²) >= 11 is 0. The van der Waals surface area contributed by atoms with Crippen molar-refractivity contribution < 1.29 is 14.7 Å². The Morgan fingerprint density at radius 1 is 1.38 bits per heavy atom. The lowest BCUT2D eigenvalue weighted by atomic mass is 10.1. The highest BCUT2D eigenvalue weighted by Crippen LogP contribution is 2.22. The summed E-state index contributed by atoms with van der Waals surface area (Å²) in [5.41, 5.74) is 3.18. The fraction of sp³-hybridized carbons (Fsp3) is 0.667. The van der Waals surface area contributed by atoms with Crippen LogP contribution < -0.4 is 0 Å². The van der Waals surface area contributed by atoms with Crippen molar-refractivity contribution in [3.63, 3.8) is 0 Å². The molecule has 1 aromatic rings. The summed E-state index contributed by atoms with van der Waals surface area (Å²) in [7, 11) is 1.90. The number of aliphatic carboxylic acids is 1. The van der Waals surface area contributed by atoms with E-state index >= 15 is 0 Å². The van der Waals surface area contributed by atoms with Crippen LogP contribution in [0.1, 0.15) is 42.6 Å². The Morgan fingerprint density at radius 2 is 2.10 bits per heavy atom. The SMILES string of the molecule is Cc1nn(C)c(C)c1CCC(=O)N1CCCC1CC(=O)O. The molecule has 1 fully saturated rings. The molecular formula is C15H23N3O3. The molecular weight excluding hydrogens is 270 g/mol. The van der Waals surface area contributed by atoms with Crippen molar-refractivity contribution in [2.24, 2.45) is 7.05 Å². The summed E-state index contributed by atoms with van der Waals surface area (Å²) in [6.07, 6.45) is 2.83. The normalized spacial score (nSPS) is 18.2. The minimum Gasteiger partial charge on any atom is -0.481 e. The number of hydrogen-bond acceptors (Lipinski definition) is 3. The van der Waals surface area contributed by atoms with E-state index in [1.54, 1.807) is 4.90 Å². The van der Waals surface area contributed by atoms with Crippen molar-refractivity contribution >= 4 is 11.9 Å². The zero-order chi connectivity index (χ0) is 15.6. The smallest absolute Gasteiger partial charge is 0.305 e. The van der Waals surface area contributed by atoms with Crippen LogP contribution in [-0.4, -0.2) is 44.3 Å². The molecule has 1 aliphatic rings. The van der Waals surface area contributed by atoms with Crippen molar-refractivity contribution in [2.75, 3.05) is 6.54 Å². The Labute approximate surface area is 124 Å². The number of likely N-dealkylation sites (tertiary alicyclic amines) is 1. The molecule has 2 rings (SSSR count).